The van der Waals surface area contributed by atoms with E-state index < -0.39 is 23.0 Å². The lowest BCUT2D eigenvalue weighted by Crippen LogP contribution is -2.35. The molecule has 1 aromatic heterocycles. The normalized spacial score (nSPS) is 17.4. The third-order valence-corrected chi connectivity index (χ3v) is 6.64. The molecule has 0 aliphatic carbocycles. The molecule has 6 nitrogen and oxygen atoms in total. The summed E-state index contributed by atoms with van der Waals surface area (Å²) in [6.45, 7) is 4.55. The van der Waals surface area contributed by atoms with Crippen LogP contribution in [0.1, 0.15) is 22.4 Å². The number of aromatic nitrogens is 1. The maximum Gasteiger partial charge on any atom is 0.441 e. The van der Waals surface area contributed by atoms with Crippen molar-refractivity contribution in [3.63, 3.8) is 0 Å². The average molecular weight is 482 g/mol. The molecular weight excluding hydrogens is 463 g/mol. The van der Waals surface area contributed by atoms with Crippen molar-refractivity contribution >= 4 is 50.7 Å². The number of benzene rings is 2. The van der Waals surface area contributed by atoms with E-state index in [9.17, 15) is 18.0 Å². The van der Waals surface area contributed by atoms with Crippen molar-refractivity contribution in [2.75, 3.05) is 0 Å². The zero-order chi connectivity index (χ0) is 24.2. The quantitative estimate of drug-likeness (QED) is 0.503. The van der Waals surface area contributed by atoms with Gasteiger partial charge in [-0.15, -0.1) is 0 Å². The first-order valence-electron chi connectivity index (χ1n) is 10.3. The number of fused-ring (bicyclic) bond motifs is 2. The Morgan fingerprint density at radius 1 is 1.12 bits per heavy atom. The van der Waals surface area contributed by atoms with Crippen LogP contribution in [0.25, 0.3) is 17.0 Å². The number of para-hydroxylation sites is 1. The van der Waals surface area contributed by atoms with E-state index in [1.807, 2.05) is 56.3 Å². The fourth-order valence-corrected chi connectivity index (χ4v) is 4.85. The number of rotatable bonds is 3. The van der Waals surface area contributed by atoms with Crippen LogP contribution in [0.15, 0.2) is 64.2 Å². The Balaban J connectivity index is 1.60. The van der Waals surface area contributed by atoms with Gasteiger partial charge < -0.3 is 4.57 Å². The Morgan fingerprint density at radius 2 is 1.88 bits per heavy atom. The molecule has 3 aromatic rings. The van der Waals surface area contributed by atoms with E-state index >= 15 is 0 Å². The van der Waals surface area contributed by atoms with Crippen molar-refractivity contribution in [3.05, 3.63) is 76.5 Å². The molecule has 172 valence electrons. The van der Waals surface area contributed by atoms with E-state index in [0.717, 1.165) is 32.7 Å². The second-order valence-corrected chi connectivity index (χ2v) is 8.97. The highest BCUT2D eigenvalue weighted by atomic mass is 32.2. The van der Waals surface area contributed by atoms with E-state index in [0.29, 0.717) is 12.1 Å². The fourth-order valence-electron chi connectivity index (χ4n) is 4.09. The monoisotopic (exact) mass is 481 g/mol. The topological polar surface area (TPSA) is 73.8 Å². The highest BCUT2D eigenvalue weighted by molar-refractivity contribution is 8.27. The molecule has 0 spiro atoms. The predicted molar refractivity (Wildman–Crippen MR) is 128 cm³/mol. The third-order valence-electron chi connectivity index (χ3n) is 5.69. The van der Waals surface area contributed by atoms with E-state index in [-0.39, 0.29) is 22.5 Å². The summed E-state index contributed by atoms with van der Waals surface area (Å²) in [5, 5.41) is 12.1. The summed E-state index contributed by atoms with van der Waals surface area (Å²) in [5.74, 6) is -1.20. The van der Waals surface area contributed by atoms with Gasteiger partial charge in [0.05, 0.1) is 5.57 Å². The van der Waals surface area contributed by atoms with Crippen LogP contribution in [0, 0.1) is 19.3 Å². The molecule has 0 atom stereocenters. The van der Waals surface area contributed by atoms with Gasteiger partial charge in [-0.2, -0.15) is 28.3 Å². The van der Waals surface area contributed by atoms with E-state index in [1.165, 1.54) is 6.08 Å². The number of thioether (sulfide) groups is 1. The largest absolute Gasteiger partial charge is 0.441 e. The lowest BCUT2D eigenvalue weighted by molar-refractivity contribution is -0.114. The standard InChI is InChI=1S/C24H18F3N5OS/c1-13-6-5-7-15(10-13)12-31-14(2)17(16-8-3-4-9-19(16)31)11-18-20(28)32-23(29-21(18)33)34-22(30-32)24(25,26)27/h3-11,28H,12H2,1-2H3/b18-11-,28-20?. The van der Waals surface area contributed by atoms with E-state index in [4.69, 9.17) is 5.41 Å². The SMILES string of the molecule is Cc1cccc(Cn2c(C)c(/C=C3/C(=N)N4N=C(C(F)(F)F)SC4=NC3=O)c3ccccc32)c1. The molecule has 2 aliphatic rings. The van der Waals surface area contributed by atoms with Gasteiger partial charge in [0.2, 0.25) is 10.2 Å². The molecule has 0 saturated heterocycles. The summed E-state index contributed by atoms with van der Waals surface area (Å²) in [5.41, 5.74) is 4.66. The number of hydrogen-bond acceptors (Lipinski definition) is 4. The zero-order valence-electron chi connectivity index (χ0n) is 18.1. The maximum atomic E-state index is 13.1. The molecule has 34 heavy (non-hydrogen) atoms. The van der Waals surface area contributed by atoms with Gasteiger partial charge in [0.15, 0.2) is 5.84 Å². The molecular formula is C24H18F3N5OS. The van der Waals surface area contributed by atoms with Gasteiger partial charge in [-0.3, -0.25) is 10.2 Å². The number of carbonyl (C=O) groups is 1. The molecule has 2 aromatic carbocycles. The van der Waals surface area contributed by atoms with Crippen LogP contribution in [-0.2, 0) is 11.3 Å². The number of halogens is 3. The first-order valence-corrected chi connectivity index (χ1v) is 11.2. The number of aryl methyl sites for hydroxylation is 1. The van der Waals surface area contributed by atoms with Gasteiger partial charge >= 0.3 is 6.18 Å². The van der Waals surface area contributed by atoms with Crippen molar-refractivity contribution < 1.29 is 18.0 Å². The van der Waals surface area contributed by atoms with Crippen LogP contribution in [0.4, 0.5) is 13.2 Å². The molecule has 0 unspecified atom stereocenters. The molecule has 3 heterocycles. The lowest BCUT2D eigenvalue weighted by atomic mass is 10.1. The second-order valence-electron chi connectivity index (χ2n) is 8.01. The third kappa shape index (κ3) is 3.73. The van der Waals surface area contributed by atoms with Crippen LogP contribution >= 0.6 is 11.8 Å². The smallest absolute Gasteiger partial charge is 0.340 e. The predicted octanol–water partition coefficient (Wildman–Crippen LogP) is 5.49. The van der Waals surface area contributed by atoms with Crippen molar-refractivity contribution in [1.29, 1.82) is 5.41 Å². The molecule has 5 rings (SSSR count). The van der Waals surface area contributed by atoms with Crippen LogP contribution in [0.3, 0.4) is 0 Å². The van der Waals surface area contributed by atoms with Crippen molar-refractivity contribution in [1.82, 2.24) is 9.58 Å². The number of alkyl halides is 3. The Bertz CT molecular complexity index is 1470. The van der Waals surface area contributed by atoms with Crippen molar-refractivity contribution in [2.24, 2.45) is 10.1 Å². The summed E-state index contributed by atoms with van der Waals surface area (Å²) in [6, 6.07) is 15.8. The van der Waals surface area contributed by atoms with Gasteiger partial charge in [0, 0.05) is 28.7 Å². The van der Waals surface area contributed by atoms with Gasteiger partial charge in [0.25, 0.3) is 5.91 Å². The van der Waals surface area contributed by atoms with Gasteiger partial charge in [-0.25, -0.2) is 0 Å². The van der Waals surface area contributed by atoms with Gasteiger partial charge in [-0.05, 0) is 43.3 Å². The molecule has 0 fully saturated rings. The van der Waals surface area contributed by atoms with Gasteiger partial charge in [-0.1, -0.05) is 48.0 Å². The average Bonchev–Trinajstić information content (AvgIpc) is 3.32. The lowest BCUT2D eigenvalue weighted by Gasteiger charge is -2.20. The molecule has 0 radical (unpaired) electrons. The summed E-state index contributed by atoms with van der Waals surface area (Å²) in [7, 11) is 0. The van der Waals surface area contributed by atoms with Crippen LogP contribution in [0.5, 0.6) is 0 Å². The van der Waals surface area contributed by atoms with Crippen LogP contribution < -0.4 is 0 Å². The number of hydrazone groups is 1. The molecule has 0 bridgehead atoms. The number of amidine groups is 2. The van der Waals surface area contributed by atoms with Crippen LogP contribution in [0.2, 0.25) is 0 Å². The molecule has 1 amide bonds. The van der Waals surface area contributed by atoms with E-state index in [2.05, 4.69) is 20.7 Å². The minimum atomic E-state index is -4.68. The Morgan fingerprint density at radius 3 is 2.62 bits per heavy atom. The second kappa shape index (κ2) is 7.98. The number of hydrogen-bond donors (Lipinski definition) is 1. The first-order chi connectivity index (χ1) is 16.1. The Labute approximate surface area is 197 Å². The summed E-state index contributed by atoms with van der Waals surface area (Å²) >= 11 is 0.237. The number of carbonyl (C=O) groups excluding carboxylic acids is 1. The number of amides is 1. The first kappa shape index (κ1) is 22.1. The van der Waals surface area contributed by atoms with E-state index in [1.54, 1.807) is 0 Å². The molecule has 0 saturated carbocycles. The van der Waals surface area contributed by atoms with Crippen LogP contribution in [-0.4, -0.2) is 37.7 Å². The maximum absolute atomic E-state index is 13.1. The number of nitrogens with one attached hydrogen (secondary N) is 1. The summed E-state index contributed by atoms with van der Waals surface area (Å²) in [6.07, 6.45) is -3.15. The number of aliphatic imine (C=N–C) groups is 1. The van der Waals surface area contributed by atoms with Crippen molar-refractivity contribution in [3.8, 4) is 0 Å². The minimum Gasteiger partial charge on any atom is -0.340 e. The summed E-state index contributed by atoms with van der Waals surface area (Å²) in [4.78, 5) is 16.5. The highest BCUT2D eigenvalue weighted by Gasteiger charge is 2.46. The number of nitrogens with zero attached hydrogens (tertiary/aromatic N) is 4. The molecule has 2 aliphatic heterocycles. The highest BCUT2D eigenvalue weighted by Crippen LogP contribution is 2.36. The minimum absolute atomic E-state index is 0.113. The zero-order valence-corrected chi connectivity index (χ0v) is 19.0. The van der Waals surface area contributed by atoms with Gasteiger partial charge in [0.1, 0.15) is 0 Å². The Kier molecular flexibility index (Phi) is 5.20. The van der Waals surface area contributed by atoms with Crippen molar-refractivity contribution in [2.45, 2.75) is 26.6 Å². The molecule has 10 heteroatoms. The molecule has 1 N–H and O–H groups in total. The Hall–Kier alpha value is -3.66. The summed E-state index contributed by atoms with van der Waals surface area (Å²) < 4.78 is 41.4. The fraction of sp³-hybridized carbons (Fsp3) is 0.167.